The van der Waals surface area contributed by atoms with Crippen LogP contribution in [-0.2, 0) is 39.6 Å². The van der Waals surface area contributed by atoms with Crippen molar-refractivity contribution >= 4 is 34.2 Å². The zero-order valence-electron chi connectivity index (χ0n) is 16.3. The van der Waals surface area contributed by atoms with Gasteiger partial charge < -0.3 is 13.3 Å². The van der Waals surface area contributed by atoms with E-state index < -0.39 is 28.7 Å². The molecule has 0 saturated heterocycles. The highest BCUT2D eigenvalue weighted by Crippen LogP contribution is 2.19. The third-order valence-electron chi connectivity index (χ3n) is 4.27. The summed E-state index contributed by atoms with van der Waals surface area (Å²) in [7, 11) is -6.25. The van der Waals surface area contributed by atoms with Crippen molar-refractivity contribution < 1.29 is 30.1 Å². The predicted octanol–water partition coefficient (Wildman–Crippen LogP) is 2.30. The smallest absolute Gasteiger partial charge is 0.377 e. The Labute approximate surface area is 172 Å². The summed E-state index contributed by atoms with van der Waals surface area (Å²) in [5.74, 6) is 0. The van der Waals surface area contributed by atoms with Gasteiger partial charge in [0.1, 0.15) is 5.55 Å². The minimum Gasteiger partial charge on any atom is -0.377 e. The van der Waals surface area contributed by atoms with Crippen LogP contribution in [0.3, 0.4) is 0 Å². The summed E-state index contributed by atoms with van der Waals surface area (Å²) in [6.45, 7) is 0. The topological polar surface area (TPSA) is 108 Å². The Balaban J connectivity index is 2.14. The lowest BCUT2D eigenvalue weighted by Gasteiger charge is -2.24. The van der Waals surface area contributed by atoms with Crippen LogP contribution in [0.2, 0.25) is 6.04 Å². The molecule has 0 aromatic heterocycles. The lowest BCUT2D eigenvalue weighted by atomic mass is 10.2. The van der Waals surface area contributed by atoms with Crippen molar-refractivity contribution in [1.29, 1.82) is 0 Å². The Kier molecular flexibility index (Phi) is 7.85. The largest absolute Gasteiger partial charge is 0.500 e. The molecular weight excluding hydrogens is 434 g/mol. The van der Waals surface area contributed by atoms with Gasteiger partial charge in [-0.15, -0.1) is 0 Å². The molecule has 0 heterocycles. The molecule has 0 aliphatic carbocycles. The van der Waals surface area contributed by atoms with Crippen molar-refractivity contribution in [3.63, 3.8) is 0 Å². The van der Waals surface area contributed by atoms with Crippen LogP contribution in [0.5, 0.6) is 0 Å². The molecular formula is C18H23NO7S2Si. The van der Waals surface area contributed by atoms with Gasteiger partial charge >= 0.3 is 8.80 Å². The standard InChI is InChI=1S/C18H23NO7S2Si/c1-24-29(25-2,26-3)14-13-16-9-11-18(12-10-16)28(22,23)19-15-27(20,21)17-7-5-4-6-8-17/h4-12,15H,13-14H2,1-3H3/b19-15+. The van der Waals surface area contributed by atoms with E-state index in [0.717, 1.165) is 5.56 Å². The Morgan fingerprint density at radius 1 is 0.828 bits per heavy atom. The highest BCUT2D eigenvalue weighted by molar-refractivity contribution is 8.05. The molecule has 29 heavy (non-hydrogen) atoms. The van der Waals surface area contributed by atoms with E-state index in [1.54, 1.807) is 30.3 Å². The molecule has 0 radical (unpaired) electrons. The molecule has 0 fully saturated rings. The maximum atomic E-state index is 12.4. The monoisotopic (exact) mass is 457 g/mol. The molecule has 0 spiro atoms. The average molecular weight is 458 g/mol. The molecule has 11 heteroatoms. The van der Waals surface area contributed by atoms with Gasteiger partial charge in [0.05, 0.1) is 9.79 Å². The molecule has 0 atom stereocenters. The van der Waals surface area contributed by atoms with Gasteiger partial charge in [-0.3, -0.25) is 0 Å². The van der Waals surface area contributed by atoms with Gasteiger partial charge in [-0.05, 0) is 36.2 Å². The minimum absolute atomic E-state index is 0.0311. The molecule has 0 aliphatic rings. The fraction of sp³-hybridized carbons (Fsp3) is 0.278. The normalized spacial score (nSPS) is 13.1. The van der Waals surface area contributed by atoms with Crippen LogP contribution in [0, 0.1) is 0 Å². The van der Waals surface area contributed by atoms with Crippen LogP contribution in [0.4, 0.5) is 0 Å². The fourth-order valence-corrected chi connectivity index (χ4v) is 6.40. The molecule has 2 rings (SSSR count). The molecule has 0 bridgehead atoms. The molecule has 2 aromatic carbocycles. The summed E-state index contributed by atoms with van der Waals surface area (Å²) in [5.41, 5.74) is 1.31. The van der Waals surface area contributed by atoms with Crippen molar-refractivity contribution in [3.05, 3.63) is 60.2 Å². The van der Waals surface area contributed by atoms with E-state index in [1.165, 1.54) is 45.6 Å². The molecule has 0 unspecified atom stereocenters. The molecule has 0 amide bonds. The summed E-state index contributed by atoms with van der Waals surface area (Å²) in [5, 5.41) is 0. The zero-order valence-corrected chi connectivity index (χ0v) is 18.9. The summed E-state index contributed by atoms with van der Waals surface area (Å²) in [6.07, 6.45) is 0.563. The number of aryl methyl sites for hydroxylation is 1. The highest BCUT2D eigenvalue weighted by atomic mass is 32.2. The van der Waals surface area contributed by atoms with E-state index in [1.807, 2.05) is 0 Å². The molecule has 2 aromatic rings. The van der Waals surface area contributed by atoms with Crippen LogP contribution < -0.4 is 0 Å². The van der Waals surface area contributed by atoms with Crippen LogP contribution in [0.25, 0.3) is 0 Å². The maximum absolute atomic E-state index is 12.4. The van der Waals surface area contributed by atoms with Crippen molar-refractivity contribution in [2.24, 2.45) is 4.40 Å². The fourth-order valence-electron chi connectivity index (χ4n) is 2.53. The Hall–Kier alpha value is -1.89. The lowest BCUT2D eigenvalue weighted by molar-refractivity contribution is 0.123. The number of sulfone groups is 1. The molecule has 8 nitrogen and oxygen atoms in total. The van der Waals surface area contributed by atoms with Crippen LogP contribution in [-0.4, -0.2) is 52.5 Å². The second kappa shape index (κ2) is 9.74. The second-order valence-electron chi connectivity index (χ2n) is 5.98. The highest BCUT2D eigenvalue weighted by Gasteiger charge is 2.37. The lowest BCUT2D eigenvalue weighted by Crippen LogP contribution is -2.43. The first-order valence-corrected chi connectivity index (χ1v) is 13.4. The van der Waals surface area contributed by atoms with Gasteiger partial charge in [-0.1, -0.05) is 30.3 Å². The zero-order chi connectivity index (χ0) is 21.5. The number of benzene rings is 2. The van der Waals surface area contributed by atoms with Gasteiger partial charge in [0, 0.05) is 27.4 Å². The SMILES string of the molecule is CO[Si](CCc1ccc(S(=O)(=O)/N=C/S(=O)(=O)c2ccccc2)cc1)(OC)OC. The third-order valence-corrected chi connectivity index (χ3v) is 9.69. The van der Waals surface area contributed by atoms with E-state index in [-0.39, 0.29) is 9.79 Å². The van der Waals surface area contributed by atoms with Gasteiger partial charge in [0.2, 0.25) is 9.84 Å². The Morgan fingerprint density at radius 3 is 1.90 bits per heavy atom. The van der Waals surface area contributed by atoms with Crippen molar-refractivity contribution in [2.75, 3.05) is 21.3 Å². The first kappa shape index (κ1) is 23.4. The molecule has 0 N–H and O–H groups in total. The van der Waals surface area contributed by atoms with E-state index in [4.69, 9.17) is 13.3 Å². The van der Waals surface area contributed by atoms with E-state index >= 15 is 0 Å². The molecule has 158 valence electrons. The van der Waals surface area contributed by atoms with Gasteiger partial charge in [0.25, 0.3) is 10.0 Å². The number of hydrogen-bond donors (Lipinski definition) is 0. The van der Waals surface area contributed by atoms with Gasteiger partial charge in [0.15, 0.2) is 0 Å². The Bertz CT molecular complexity index is 1030. The number of rotatable bonds is 10. The second-order valence-corrected chi connectivity index (χ2v) is 12.5. The van der Waals surface area contributed by atoms with Crippen molar-refractivity contribution in [3.8, 4) is 0 Å². The van der Waals surface area contributed by atoms with Crippen LogP contribution in [0.1, 0.15) is 5.56 Å². The molecule has 0 saturated carbocycles. The summed E-state index contributed by atoms with van der Waals surface area (Å²) in [6, 6.07) is 14.0. The Morgan fingerprint density at radius 2 is 1.38 bits per heavy atom. The number of sulfonamides is 1. The van der Waals surface area contributed by atoms with Crippen LogP contribution >= 0.6 is 0 Å². The molecule has 0 aliphatic heterocycles. The predicted molar refractivity (Wildman–Crippen MR) is 111 cm³/mol. The number of hydrogen-bond acceptors (Lipinski definition) is 7. The van der Waals surface area contributed by atoms with E-state index in [2.05, 4.69) is 4.40 Å². The van der Waals surface area contributed by atoms with E-state index in [9.17, 15) is 16.8 Å². The van der Waals surface area contributed by atoms with Crippen molar-refractivity contribution in [2.45, 2.75) is 22.3 Å². The first-order chi connectivity index (χ1) is 13.7. The first-order valence-electron chi connectivity index (χ1n) is 8.53. The summed E-state index contributed by atoms with van der Waals surface area (Å²) < 4.78 is 68.5. The summed E-state index contributed by atoms with van der Waals surface area (Å²) in [4.78, 5) is -0.133. The van der Waals surface area contributed by atoms with Crippen molar-refractivity contribution in [1.82, 2.24) is 0 Å². The third kappa shape index (κ3) is 6.04. The average Bonchev–Trinajstić information content (AvgIpc) is 2.75. The summed E-state index contributed by atoms with van der Waals surface area (Å²) >= 11 is 0. The number of nitrogens with zero attached hydrogens (tertiary/aromatic N) is 1. The quantitative estimate of drug-likeness (QED) is 0.306. The maximum Gasteiger partial charge on any atom is 0.500 e. The van der Waals surface area contributed by atoms with E-state index in [0.29, 0.717) is 18.0 Å². The van der Waals surface area contributed by atoms with Crippen LogP contribution in [0.15, 0.2) is 68.8 Å². The minimum atomic E-state index is -4.15. The van der Waals surface area contributed by atoms with Gasteiger partial charge in [-0.25, -0.2) is 8.42 Å². The van der Waals surface area contributed by atoms with Gasteiger partial charge in [-0.2, -0.15) is 12.8 Å².